The van der Waals surface area contributed by atoms with Gasteiger partial charge < -0.3 is 5.11 Å². The topological polar surface area (TPSA) is 113 Å². The Morgan fingerprint density at radius 3 is 2.30 bits per heavy atom. The Morgan fingerprint density at radius 1 is 0.939 bits per heavy atom. The number of carbonyl (C=O) groups excluding carboxylic acids is 2. The molecule has 2 aliphatic heterocycles. The van der Waals surface area contributed by atoms with Crippen LogP contribution in [0.15, 0.2) is 77.3 Å². The van der Waals surface area contributed by atoms with Gasteiger partial charge in [0.05, 0.1) is 16.3 Å². The van der Waals surface area contributed by atoms with Gasteiger partial charge in [0.25, 0.3) is 11.6 Å². The summed E-state index contributed by atoms with van der Waals surface area (Å²) in [6.45, 7) is 0. The molecule has 166 valence electrons. The van der Waals surface area contributed by atoms with Gasteiger partial charge in [-0.15, -0.1) is 0 Å². The van der Waals surface area contributed by atoms with Crippen LogP contribution in [0.4, 0.5) is 17.1 Å². The molecule has 2 fully saturated rings. The van der Waals surface area contributed by atoms with Crippen LogP contribution in [0.5, 0.6) is 5.75 Å². The van der Waals surface area contributed by atoms with Crippen LogP contribution >= 0.6 is 15.9 Å². The zero-order valence-corrected chi connectivity index (χ0v) is 18.5. The summed E-state index contributed by atoms with van der Waals surface area (Å²) in [5.74, 6) is -2.31. The van der Waals surface area contributed by atoms with Crippen molar-refractivity contribution in [3.05, 3.63) is 92.9 Å². The summed E-state index contributed by atoms with van der Waals surface area (Å²) in [5.41, 5.74) is 0.804. The minimum atomic E-state index is -1.15. The molecular formula is C23H16BrN3O6. The number of amides is 2. The summed E-state index contributed by atoms with van der Waals surface area (Å²) in [4.78, 5) is 44.7. The molecule has 3 aromatic carbocycles. The van der Waals surface area contributed by atoms with Gasteiger partial charge in [-0.25, -0.2) is 9.96 Å². The van der Waals surface area contributed by atoms with E-state index in [0.29, 0.717) is 11.4 Å². The molecule has 0 spiro atoms. The quantitative estimate of drug-likeness (QED) is 0.319. The third-order valence-corrected chi connectivity index (χ3v) is 6.28. The molecule has 2 heterocycles. The fourth-order valence-corrected chi connectivity index (χ4v) is 4.53. The number of non-ortho nitro benzene ring substituents is 1. The van der Waals surface area contributed by atoms with Gasteiger partial charge in [-0.05, 0) is 42.5 Å². The summed E-state index contributed by atoms with van der Waals surface area (Å²) < 4.78 is 0.788. The number of carbonyl (C=O) groups is 2. The number of rotatable bonds is 4. The highest BCUT2D eigenvalue weighted by Gasteiger charge is 2.60. The van der Waals surface area contributed by atoms with E-state index in [-0.39, 0.29) is 17.0 Å². The monoisotopic (exact) mass is 509 g/mol. The highest BCUT2D eigenvalue weighted by molar-refractivity contribution is 9.10. The molecular weight excluding hydrogens is 494 g/mol. The van der Waals surface area contributed by atoms with Crippen molar-refractivity contribution in [1.29, 1.82) is 0 Å². The van der Waals surface area contributed by atoms with Crippen molar-refractivity contribution in [3.8, 4) is 5.75 Å². The Kier molecular flexibility index (Phi) is 5.10. The number of nitrogens with zero attached hydrogens (tertiary/aromatic N) is 3. The SMILES string of the molecule is O=C1[C@@H]2[C@H](ON(c3ccccc3)[C@H]2c2cc([N+](=O)[O-])ccc2O)C(=O)N1c1ccc(Br)cc1. The highest BCUT2D eigenvalue weighted by Crippen LogP contribution is 2.49. The Morgan fingerprint density at radius 2 is 1.64 bits per heavy atom. The Balaban J connectivity index is 1.63. The van der Waals surface area contributed by atoms with Crippen molar-refractivity contribution >= 4 is 44.8 Å². The minimum absolute atomic E-state index is 0.124. The predicted octanol–water partition coefficient (Wildman–Crippen LogP) is 4.11. The van der Waals surface area contributed by atoms with E-state index in [4.69, 9.17) is 4.84 Å². The molecule has 9 nitrogen and oxygen atoms in total. The molecule has 0 unspecified atom stereocenters. The molecule has 0 aromatic heterocycles. The Labute approximate surface area is 196 Å². The van der Waals surface area contributed by atoms with Crippen LogP contribution < -0.4 is 9.96 Å². The normalized spacial score (nSPS) is 22.0. The largest absolute Gasteiger partial charge is 0.508 e. The van der Waals surface area contributed by atoms with Gasteiger partial charge in [-0.1, -0.05) is 34.1 Å². The van der Waals surface area contributed by atoms with Crippen LogP contribution in [0, 0.1) is 16.0 Å². The first-order valence-electron chi connectivity index (χ1n) is 9.98. The predicted molar refractivity (Wildman–Crippen MR) is 121 cm³/mol. The fraction of sp³-hybridized carbons (Fsp3) is 0.130. The molecule has 0 bridgehead atoms. The van der Waals surface area contributed by atoms with E-state index in [1.165, 1.54) is 23.3 Å². The van der Waals surface area contributed by atoms with Gasteiger partial charge in [0, 0.05) is 22.2 Å². The molecule has 0 aliphatic carbocycles. The molecule has 5 rings (SSSR count). The summed E-state index contributed by atoms with van der Waals surface area (Å²) in [6, 6.07) is 18.1. The maximum absolute atomic E-state index is 13.5. The lowest BCUT2D eigenvalue weighted by Crippen LogP contribution is -2.37. The number of nitro benzene ring substituents is 1. The molecule has 2 amide bonds. The van der Waals surface area contributed by atoms with E-state index in [9.17, 15) is 24.8 Å². The molecule has 3 atom stereocenters. The number of hydrogen-bond donors (Lipinski definition) is 1. The number of halogens is 1. The number of phenols is 1. The number of fused-ring (bicyclic) bond motifs is 1. The summed E-state index contributed by atoms with van der Waals surface area (Å²) >= 11 is 3.33. The average molecular weight is 510 g/mol. The lowest BCUT2D eigenvalue weighted by atomic mass is 9.89. The van der Waals surface area contributed by atoms with Crippen LogP contribution in [-0.4, -0.2) is 27.9 Å². The second-order valence-corrected chi connectivity index (χ2v) is 8.56. The summed E-state index contributed by atoms with van der Waals surface area (Å²) in [5, 5.41) is 23.4. The van der Waals surface area contributed by atoms with E-state index in [1.807, 2.05) is 0 Å². The van der Waals surface area contributed by atoms with Crippen LogP contribution in [0.25, 0.3) is 0 Å². The van der Waals surface area contributed by atoms with Crippen LogP contribution in [0.1, 0.15) is 11.6 Å². The van der Waals surface area contributed by atoms with Gasteiger partial charge in [0.15, 0.2) is 6.10 Å². The van der Waals surface area contributed by atoms with Crippen molar-refractivity contribution in [3.63, 3.8) is 0 Å². The molecule has 3 aromatic rings. The third kappa shape index (κ3) is 3.43. The number of nitro groups is 1. The van der Waals surface area contributed by atoms with Crippen molar-refractivity contribution < 1.29 is 24.5 Å². The fourth-order valence-electron chi connectivity index (χ4n) is 4.27. The Bertz CT molecular complexity index is 1270. The number of hydrogen-bond acceptors (Lipinski definition) is 7. The van der Waals surface area contributed by atoms with Gasteiger partial charge in [0.1, 0.15) is 17.7 Å². The number of anilines is 2. The maximum atomic E-state index is 13.5. The average Bonchev–Trinajstić information content (AvgIpc) is 3.31. The number of benzene rings is 3. The zero-order chi connectivity index (χ0) is 23.3. The summed E-state index contributed by atoms with van der Waals surface area (Å²) in [6.07, 6.45) is -1.15. The van der Waals surface area contributed by atoms with E-state index in [2.05, 4.69) is 15.9 Å². The first-order chi connectivity index (χ1) is 15.9. The smallest absolute Gasteiger partial charge is 0.270 e. The minimum Gasteiger partial charge on any atom is -0.508 e. The van der Waals surface area contributed by atoms with Crippen LogP contribution in [0.2, 0.25) is 0 Å². The van der Waals surface area contributed by atoms with Gasteiger partial charge >= 0.3 is 0 Å². The second-order valence-electron chi connectivity index (χ2n) is 7.65. The first-order valence-corrected chi connectivity index (χ1v) is 10.8. The Hall–Kier alpha value is -3.76. The van der Waals surface area contributed by atoms with Gasteiger partial charge in [0.2, 0.25) is 5.91 Å². The highest BCUT2D eigenvalue weighted by atomic mass is 79.9. The lowest BCUT2D eigenvalue weighted by molar-refractivity contribution is -0.385. The maximum Gasteiger partial charge on any atom is 0.270 e. The molecule has 10 heteroatoms. The molecule has 33 heavy (non-hydrogen) atoms. The third-order valence-electron chi connectivity index (χ3n) is 5.75. The van der Waals surface area contributed by atoms with Crippen molar-refractivity contribution in [2.24, 2.45) is 5.92 Å². The zero-order valence-electron chi connectivity index (χ0n) is 16.9. The van der Waals surface area contributed by atoms with Crippen molar-refractivity contribution in [1.82, 2.24) is 0 Å². The van der Waals surface area contributed by atoms with Crippen LogP contribution in [-0.2, 0) is 14.4 Å². The number of imide groups is 1. The number of para-hydroxylation sites is 1. The number of phenolic OH excluding ortho intramolecular Hbond substituents is 1. The van der Waals surface area contributed by atoms with Gasteiger partial charge in [-0.2, -0.15) is 0 Å². The molecule has 0 radical (unpaired) electrons. The molecule has 2 saturated heterocycles. The van der Waals surface area contributed by atoms with Gasteiger partial charge in [-0.3, -0.25) is 24.5 Å². The van der Waals surface area contributed by atoms with E-state index < -0.39 is 34.8 Å². The lowest BCUT2D eigenvalue weighted by Gasteiger charge is -2.29. The number of aromatic hydroxyl groups is 1. The van der Waals surface area contributed by atoms with E-state index in [0.717, 1.165) is 9.37 Å². The first kappa shape index (κ1) is 21.1. The van der Waals surface area contributed by atoms with Crippen molar-refractivity contribution in [2.45, 2.75) is 12.1 Å². The van der Waals surface area contributed by atoms with E-state index in [1.54, 1.807) is 54.6 Å². The molecule has 1 N–H and O–H groups in total. The standard InChI is InChI=1S/C23H16BrN3O6/c24-13-6-8-14(9-7-13)25-22(29)19-20(17-12-16(27(31)32)10-11-18(17)28)26(33-21(19)23(25)30)15-4-2-1-3-5-15/h1-12,19-21,28H/t19-,20-,21-/m0/s1. The van der Waals surface area contributed by atoms with E-state index >= 15 is 0 Å². The summed E-state index contributed by atoms with van der Waals surface area (Å²) in [7, 11) is 0. The molecule has 0 saturated carbocycles. The number of hydroxylamine groups is 1. The van der Waals surface area contributed by atoms with Crippen molar-refractivity contribution in [2.75, 3.05) is 9.96 Å². The van der Waals surface area contributed by atoms with Crippen LogP contribution in [0.3, 0.4) is 0 Å². The second kappa shape index (κ2) is 7.98. The molecule has 2 aliphatic rings.